The van der Waals surface area contributed by atoms with Crippen LogP contribution >= 0.6 is 11.3 Å². The van der Waals surface area contributed by atoms with Gasteiger partial charge < -0.3 is 9.68 Å². The highest BCUT2D eigenvalue weighted by Gasteiger charge is 2.29. The lowest BCUT2D eigenvalue weighted by Crippen LogP contribution is -2.35. The first-order valence-electron chi connectivity index (χ1n) is 9.11. The zero-order valence-corrected chi connectivity index (χ0v) is 16.0. The second-order valence-corrected chi connectivity index (χ2v) is 8.38. The molecule has 3 aromatic rings. The van der Waals surface area contributed by atoms with E-state index in [1.165, 1.54) is 4.88 Å². The molecule has 1 aromatic carbocycles. The summed E-state index contributed by atoms with van der Waals surface area (Å²) < 4.78 is 6.39. The summed E-state index contributed by atoms with van der Waals surface area (Å²) in [6, 6.07) is 8.42. The fourth-order valence-corrected chi connectivity index (χ4v) is 4.69. The summed E-state index contributed by atoms with van der Waals surface area (Å²) in [6.45, 7) is 4.71. The molecule has 0 spiro atoms. The van der Waals surface area contributed by atoms with Crippen molar-refractivity contribution in [3.8, 4) is 0 Å². The summed E-state index contributed by atoms with van der Waals surface area (Å²) >= 11 is 1.71. The summed E-state index contributed by atoms with van der Waals surface area (Å²) in [5.74, 6) is 0.878. The largest absolute Gasteiger partial charge is 0.491 e. The Bertz CT molecular complexity index is 1070. The molecule has 136 valence electrons. The van der Waals surface area contributed by atoms with E-state index in [0.29, 0.717) is 6.61 Å². The highest BCUT2D eigenvalue weighted by molar-refractivity contribution is 7.19. The van der Waals surface area contributed by atoms with Crippen LogP contribution in [0.4, 0.5) is 5.82 Å². The van der Waals surface area contributed by atoms with Gasteiger partial charge in [-0.25, -0.2) is 15.0 Å². The molecule has 5 rings (SSSR count). The fraction of sp³-hybridized carbons (Fsp3) is 0.316. The average molecular weight is 378 g/mol. The predicted molar refractivity (Wildman–Crippen MR) is 109 cm³/mol. The molecular weight excluding hydrogens is 359 g/mol. The van der Waals surface area contributed by atoms with Gasteiger partial charge in [0.05, 0.1) is 28.6 Å². The molecule has 2 aromatic heterocycles. The number of nitrogens with zero attached hydrogens (tertiary/aromatic N) is 4. The van der Waals surface area contributed by atoms with E-state index in [1.54, 1.807) is 17.7 Å². The Kier molecular flexibility index (Phi) is 4.00. The fourth-order valence-electron chi connectivity index (χ4n) is 3.74. The zero-order chi connectivity index (χ0) is 18.5. The Labute approximate surface area is 161 Å². The van der Waals surface area contributed by atoms with E-state index in [1.807, 2.05) is 17.1 Å². The van der Waals surface area contributed by atoms with Gasteiger partial charge in [-0.2, -0.15) is 5.10 Å². The van der Waals surface area contributed by atoms with E-state index in [0.717, 1.165) is 51.2 Å². The highest BCUT2D eigenvalue weighted by atomic mass is 32.1. The standard InChI is InChI=1S/C19H19BN4O2S/c1-11-3-6-16(13-4-5-15-14(8-13)9-26-20(15)25)23-24(11)19-18-17(21-10-22-19)7-12(2)27-18/h4-5,7-8,10-11,25H,3,6,9H2,1-2H3. The van der Waals surface area contributed by atoms with Crippen LogP contribution in [0.2, 0.25) is 0 Å². The van der Waals surface area contributed by atoms with Crippen molar-refractivity contribution in [2.45, 2.75) is 39.3 Å². The summed E-state index contributed by atoms with van der Waals surface area (Å²) in [4.78, 5) is 10.2. The average Bonchev–Trinajstić information content (AvgIpc) is 3.23. The van der Waals surface area contributed by atoms with E-state index in [2.05, 4.69) is 35.9 Å². The lowest BCUT2D eigenvalue weighted by Gasteiger charge is -2.31. The van der Waals surface area contributed by atoms with Crippen molar-refractivity contribution in [2.75, 3.05) is 5.01 Å². The maximum Gasteiger partial charge on any atom is 0.491 e. The van der Waals surface area contributed by atoms with Gasteiger partial charge in [-0.3, -0.25) is 0 Å². The molecule has 1 atom stereocenters. The van der Waals surface area contributed by atoms with E-state index in [4.69, 9.17) is 9.76 Å². The minimum atomic E-state index is -0.810. The first-order valence-corrected chi connectivity index (χ1v) is 9.92. The Morgan fingerprint density at radius 1 is 1.30 bits per heavy atom. The Hall–Kier alpha value is -2.29. The monoisotopic (exact) mass is 378 g/mol. The van der Waals surface area contributed by atoms with Crippen LogP contribution in [-0.4, -0.2) is 33.9 Å². The van der Waals surface area contributed by atoms with Crippen molar-refractivity contribution in [2.24, 2.45) is 5.10 Å². The Morgan fingerprint density at radius 2 is 2.19 bits per heavy atom. The van der Waals surface area contributed by atoms with Crippen LogP contribution in [0.1, 0.15) is 35.8 Å². The molecule has 2 aliphatic heterocycles. The van der Waals surface area contributed by atoms with Crippen LogP contribution in [0.3, 0.4) is 0 Å². The second-order valence-electron chi connectivity index (χ2n) is 7.12. The summed E-state index contributed by atoms with van der Waals surface area (Å²) in [5.41, 5.74) is 4.98. The van der Waals surface area contributed by atoms with Gasteiger partial charge in [0.2, 0.25) is 0 Å². The number of anilines is 1. The summed E-state index contributed by atoms with van der Waals surface area (Å²) in [7, 11) is -0.810. The highest BCUT2D eigenvalue weighted by Crippen LogP contribution is 2.34. The van der Waals surface area contributed by atoms with Crippen molar-refractivity contribution in [1.29, 1.82) is 0 Å². The van der Waals surface area contributed by atoms with Gasteiger partial charge in [0.25, 0.3) is 0 Å². The molecule has 4 heterocycles. The van der Waals surface area contributed by atoms with Crippen LogP contribution in [-0.2, 0) is 11.3 Å². The normalized spacial score (nSPS) is 19.5. The van der Waals surface area contributed by atoms with Crippen molar-refractivity contribution < 1.29 is 9.68 Å². The number of hydrogen-bond acceptors (Lipinski definition) is 7. The van der Waals surface area contributed by atoms with E-state index >= 15 is 0 Å². The number of benzene rings is 1. The topological polar surface area (TPSA) is 70.8 Å². The molecule has 27 heavy (non-hydrogen) atoms. The lowest BCUT2D eigenvalue weighted by atomic mass is 9.79. The number of aryl methyl sites for hydroxylation is 1. The molecule has 0 saturated heterocycles. The SMILES string of the molecule is Cc1cc2ncnc(N3N=C(c4ccc5c(c4)COB5O)CCC3C)c2s1. The summed E-state index contributed by atoms with van der Waals surface area (Å²) in [5, 5.41) is 16.8. The van der Waals surface area contributed by atoms with Gasteiger partial charge in [0, 0.05) is 4.88 Å². The molecule has 0 amide bonds. The molecule has 0 radical (unpaired) electrons. The van der Waals surface area contributed by atoms with Gasteiger partial charge in [-0.15, -0.1) is 11.3 Å². The van der Waals surface area contributed by atoms with Crippen LogP contribution in [0, 0.1) is 6.92 Å². The molecule has 8 heteroatoms. The van der Waals surface area contributed by atoms with Crippen molar-refractivity contribution in [3.05, 3.63) is 46.6 Å². The maximum absolute atomic E-state index is 9.84. The van der Waals surface area contributed by atoms with Crippen molar-refractivity contribution in [1.82, 2.24) is 9.97 Å². The molecule has 6 nitrogen and oxygen atoms in total. The number of hydrazone groups is 1. The first-order chi connectivity index (χ1) is 13.1. The number of hydrogen-bond donors (Lipinski definition) is 1. The second kappa shape index (κ2) is 6.40. The maximum atomic E-state index is 9.84. The zero-order valence-electron chi connectivity index (χ0n) is 15.2. The van der Waals surface area contributed by atoms with Gasteiger partial charge in [-0.05, 0) is 55.4 Å². The third-order valence-electron chi connectivity index (χ3n) is 5.22. The predicted octanol–water partition coefficient (Wildman–Crippen LogP) is 2.61. The van der Waals surface area contributed by atoms with Crippen molar-refractivity contribution in [3.63, 3.8) is 0 Å². The molecule has 1 unspecified atom stereocenters. The van der Waals surface area contributed by atoms with Crippen LogP contribution in [0.15, 0.2) is 35.7 Å². The Morgan fingerprint density at radius 3 is 3.07 bits per heavy atom. The van der Waals surface area contributed by atoms with Crippen LogP contribution in [0.25, 0.3) is 10.2 Å². The van der Waals surface area contributed by atoms with Gasteiger partial charge in [0.1, 0.15) is 6.33 Å². The van der Waals surface area contributed by atoms with Crippen molar-refractivity contribution >= 4 is 45.7 Å². The Balaban J connectivity index is 1.57. The number of rotatable bonds is 2. The van der Waals surface area contributed by atoms with Crippen LogP contribution < -0.4 is 10.5 Å². The quantitative estimate of drug-likeness (QED) is 0.695. The minimum Gasteiger partial charge on any atom is -0.423 e. The number of aromatic nitrogens is 2. The molecule has 2 aliphatic rings. The molecular formula is C19H19BN4O2S. The smallest absolute Gasteiger partial charge is 0.423 e. The molecule has 0 fully saturated rings. The van der Waals surface area contributed by atoms with E-state index in [9.17, 15) is 5.02 Å². The lowest BCUT2D eigenvalue weighted by molar-refractivity contribution is 0.275. The molecule has 0 bridgehead atoms. The third kappa shape index (κ3) is 2.84. The van der Waals surface area contributed by atoms with Gasteiger partial charge >= 0.3 is 7.12 Å². The molecule has 1 N–H and O–H groups in total. The third-order valence-corrected chi connectivity index (χ3v) is 6.25. The minimum absolute atomic E-state index is 0.272. The molecule has 0 aliphatic carbocycles. The first kappa shape index (κ1) is 16.9. The van der Waals surface area contributed by atoms with Crippen LogP contribution in [0.5, 0.6) is 0 Å². The number of fused-ring (bicyclic) bond motifs is 2. The molecule has 0 saturated carbocycles. The number of thiophene rings is 1. The van der Waals surface area contributed by atoms with Gasteiger partial charge in [0.15, 0.2) is 5.82 Å². The summed E-state index contributed by atoms with van der Waals surface area (Å²) in [6.07, 6.45) is 3.54. The van der Waals surface area contributed by atoms with Gasteiger partial charge in [-0.1, -0.05) is 12.1 Å². The van der Waals surface area contributed by atoms with E-state index < -0.39 is 7.12 Å². The van der Waals surface area contributed by atoms with E-state index in [-0.39, 0.29) is 6.04 Å².